The van der Waals surface area contributed by atoms with Gasteiger partial charge in [-0.1, -0.05) is 30.3 Å². The standard InChI is InChI=1S/C24H24N6OS/c1-2-26-24(31)30-13-11-29(12-14-30)22-19-15-20(17-7-4-3-5-8-17)32-23(19)28-21(27-22)18-9-6-10-25-16-18/h3-10,15-16H,2,11-14H2,1H3,(H,26,31). The number of nitrogens with zero attached hydrogens (tertiary/aromatic N) is 5. The number of urea groups is 1. The Bertz CT molecular complexity index is 1220. The Hall–Kier alpha value is -3.52. The molecule has 8 heteroatoms. The van der Waals surface area contributed by atoms with E-state index >= 15 is 0 Å². The molecule has 1 aliphatic heterocycles. The number of fused-ring (bicyclic) bond motifs is 1. The molecule has 0 saturated carbocycles. The summed E-state index contributed by atoms with van der Waals surface area (Å²) in [6.07, 6.45) is 3.55. The zero-order valence-electron chi connectivity index (χ0n) is 17.9. The molecule has 4 heterocycles. The van der Waals surface area contributed by atoms with Crippen LogP contribution in [0.5, 0.6) is 0 Å². The molecule has 1 aromatic carbocycles. The summed E-state index contributed by atoms with van der Waals surface area (Å²) < 4.78 is 0. The summed E-state index contributed by atoms with van der Waals surface area (Å²) in [4.78, 5) is 32.6. The molecule has 0 bridgehead atoms. The summed E-state index contributed by atoms with van der Waals surface area (Å²) in [5.74, 6) is 1.59. The Morgan fingerprint density at radius 2 is 1.81 bits per heavy atom. The van der Waals surface area contributed by atoms with E-state index in [9.17, 15) is 4.79 Å². The van der Waals surface area contributed by atoms with Gasteiger partial charge in [0.25, 0.3) is 0 Å². The number of nitrogens with one attached hydrogen (secondary N) is 1. The minimum Gasteiger partial charge on any atom is -0.352 e. The fraction of sp³-hybridized carbons (Fsp3) is 0.250. The fourth-order valence-corrected chi connectivity index (χ4v) is 4.93. The van der Waals surface area contributed by atoms with Crippen LogP contribution < -0.4 is 10.2 Å². The van der Waals surface area contributed by atoms with Crippen molar-refractivity contribution in [1.29, 1.82) is 0 Å². The summed E-state index contributed by atoms with van der Waals surface area (Å²) in [6.45, 7) is 5.35. The SMILES string of the molecule is CCNC(=O)N1CCN(c2nc(-c3cccnc3)nc3sc(-c4ccccc4)cc23)CC1. The number of thiophene rings is 1. The first-order chi connectivity index (χ1) is 15.7. The summed E-state index contributed by atoms with van der Waals surface area (Å²) in [7, 11) is 0. The van der Waals surface area contributed by atoms with E-state index in [4.69, 9.17) is 9.97 Å². The maximum absolute atomic E-state index is 12.2. The van der Waals surface area contributed by atoms with Crippen LogP contribution in [-0.4, -0.2) is 58.6 Å². The van der Waals surface area contributed by atoms with Gasteiger partial charge in [-0.15, -0.1) is 11.3 Å². The van der Waals surface area contributed by atoms with Gasteiger partial charge in [-0.05, 0) is 30.7 Å². The number of anilines is 1. The van der Waals surface area contributed by atoms with Crippen molar-refractivity contribution in [3.63, 3.8) is 0 Å². The first-order valence-electron chi connectivity index (χ1n) is 10.8. The van der Waals surface area contributed by atoms with Crippen LogP contribution in [0.4, 0.5) is 10.6 Å². The number of hydrogen-bond acceptors (Lipinski definition) is 6. The second-order valence-corrected chi connectivity index (χ2v) is 8.65. The van der Waals surface area contributed by atoms with Crippen LogP contribution in [0.15, 0.2) is 60.9 Å². The lowest BCUT2D eigenvalue weighted by molar-refractivity contribution is 0.195. The molecule has 3 aromatic heterocycles. The van der Waals surface area contributed by atoms with Crippen molar-refractivity contribution < 1.29 is 4.79 Å². The molecule has 7 nitrogen and oxygen atoms in total. The number of aromatic nitrogens is 3. The Balaban J connectivity index is 1.54. The summed E-state index contributed by atoms with van der Waals surface area (Å²) in [5.41, 5.74) is 2.07. The van der Waals surface area contributed by atoms with Crippen LogP contribution in [0.1, 0.15) is 6.92 Å². The predicted molar refractivity (Wildman–Crippen MR) is 129 cm³/mol. The van der Waals surface area contributed by atoms with E-state index < -0.39 is 0 Å². The van der Waals surface area contributed by atoms with Gasteiger partial charge in [0, 0.05) is 55.6 Å². The molecule has 0 unspecified atom stereocenters. The van der Waals surface area contributed by atoms with Gasteiger partial charge in [-0.25, -0.2) is 14.8 Å². The molecule has 0 radical (unpaired) electrons. The average Bonchev–Trinajstić information content (AvgIpc) is 3.29. The van der Waals surface area contributed by atoms with Crippen molar-refractivity contribution >= 4 is 33.4 Å². The lowest BCUT2D eigenvalue weighted by Crippen LogP contribution is -2.52. The van der Waals surface area contributed by atoms with Crippen LogP contribution in [-0.2, 0) is 0 Å². The van der Waals surface area contributed by atoms with E-state index in [1.165, 1.54) is 10.4 Å². The van der Waals surface area contributed by atoms with E-state index in [2.05, 4.69) is 33.4 Å². The maximum Gasteiger partial charge on any atom is 0.317 e. The molecular formula is C24H24N6OS. The Labute approximate surface area is 190 Å². The lowest BCUT2D eigenvalue weighted by atomic mass is 10.1. The summed E-state index contributed by atoms with van der Waals surface area (Å²) in [5, 5.41) is 3.94. The largest absolute Gasteiger partial charge is 0.352 e. The molecule has 1 saturated heterocycles. The molecular weight excluding hydrogens is 420 g/mol. The Morgan fingerprint density at radius 1 is 1.03 bits per heavy atom. The molecule has 5 rings (SSSR count). The minimum absolute atomic E-state index is 0.00192. The maximum atomic E-state index is 12.2. The number of pyridine rings is 1. The average molecular weight is 445 g/mol. The number of carbonyl (C=O) groups excluding carboxylic acids is 1. The summed E-state index contributed by atoms with van der Waals surface area (Å²) in [6, 6.07) is 16.4. The predicted octanol–water partition coefficient (Wildman–Crippen LogP) is 4.27. The first-order valence-corrected chi connectivity index (χ1v) is 11.6. The van der Waals surface area contributed by atoms with Crippen molar-refractivity contribution in [1.82, 2.24) is 25.2 Å². The van der Waals surface area contributed by atoms with Gasteiger partial charge in [0.1, 0.15) is 10.6 Å². The number of hydrogen-bond donors (Lipinski definition) is 1. The monoisotopic (exact) mass is 444 g/mol. The van der Waals surface area contributed by atoms with E-state index in [0.717, 1.165) is 34.7 Å². The van der Waals surface area contributed by atoms with E-state index in [1.54, 1.807) is 23.7 Å². The third-order valence-electron chi connectivity index (χ3n) is 5.55. The Morgan fingerprint density at radius 3 is 2.53 bits per heavy atom. The van der Waals surface area contributed by atoms with Gasteiger partial charge in [-0.3, -0.25) is 4.98 Å². The van der Waals surface area contributed by atoms with Crippen LogP contribution in [0.25, 0.3) is 32.0 Å². The molecule has 2 amide bonds. The molecule has 4 aromatic rings. The second kappa shape index (κ2) is 8.92. The number of benzene rings is 1. The third kappa shape index (κ3) is 4.01. The van der Waals surface area contributed by atoms with Crippen LogP contribution in [0.2, 0.25) is 0 Å². The highest BCUT2D eigenvalue weighted by Crippen LogP contribution is 2.38. The van der Waals surface area contributed by atoms with Gasteiger partial charge in [0.05, 0.1) is 5.39 Å². The lowest BCUT2D eigenvalue weighted by Gasteiger charge is -2.35. The molecule has 0 aliphatic carbocycles. The van der Waals surface area contributed by atoms with Gasteiger partial charge < -0.3 is 15.1 Å². The quantitative estimate of drug-likeness (QED) is 0.509. The molecule has 32 heavy (non-hydrogen) atoms. The number of carbonyl (C=O) groups is 1. The molecule has 0 spiro atoms. The fourth-order valence-electron chi connectivity index (χ4n) is 3.90. The second-order valence-electron chi connectivity index (χ2n) is 7.62. The van der Waals surface area contributed by atoms with E-state index in [-0.39, 0.29) is 6.03 Å². The third-order valence-corrected chi connectivity index (χ3v) is 6.62. The topological polar surface area (TPSA) is 74.2 Å². The molecule has 0 atom stereocenters. The zero-order valence-corrected chi connectivity index (χ0v) is 18.7. The van der Waals surface area contributed by atoms with Gasteiger partial charge in [-0.2, -0.15) is 0 Å². The normalized spacial score (nSPS) is 14.0. The van der Waals surface area contributed by atoms with Crippen molar-refractivity contribution in [3.8, 4) is 21.8 Å². The van der Waals surface area contributed by atoms with Crippen LogP contribution in [0, 0.1) is 0 Å². The summed E-state index contributed by atoms with van der Waals surface area (Å²) >= 11 is 1.68. The van der Waals surface area contributed by atoms with E-state index in [1.807, 2.05) is 42.2 Å². The van der Waals surface area contributed by atoms with E-state index in [0.29, 0.717) is 25.5 Å². The number of piperazine rings is 1. The van der Waals surface area contributed by atoms with Crippen LogP contribution in [0.3, 0.4) is 0 Å². The smallest absolute Gasteiger partial charge is 0.317 e. The van der Waals surface area contributed by atoms with Gasteiger partial charge >= 0.3 is 6.03 Å². The van der Waals surface area contributed by atoms with Crippen molar-refractivity contribution in [2.45, 2.75) is 6.92 Å². The van der Waals surface area contributed by atoms with Gasteiger partial charge in [0.2, 0.25) is 0 Å². The molecule has 1 N–H and O–H groups in total. The molecule has 1 fully saturated rings. The first kappa shape index (κ1) is 20.4. The zero-order chi connectivity index (χ0) is 21.9. The van der Waals surface area contributed by atoms with Crippen LogP contribution >= 0.6 is 11.3 Å². The highest BCUT2D eigenvalue weighted by atomic mass is 32.1. The highest BCUT2D eigenvalue weighted by Gasteiger charge is 2.24. The highest BCUT2D eigenvalue weighted by molar-refractivity contribution is 7.22. The number of rotatable bonds is 4. The van der Waals surface area contributed by atoms with Gasteiger partial charge in [0.15, 0.2) is 5.82 Å². The molecule has 1 aliphatic rings. The van der Waals surface area contributed by atoms with Crippen molar-refractivity contribution in [2.75, 3.05) is 37.6 Å². The Kier molecular flexibility index (Phi) is 5.68. The number of amides is 2. The minimum atomic E-state index is -0.00192. The molecule has 162 valence electrons. The van der Waals surface area contributed by atoms with Crippen molar-refractivity contribution in [3.05, 3.63) is 60.9 Å². The van der Waals surface area contributed by atoms with Crippen molar-refractivity contribution in [2.24, 2.45) is 0 Å².